The van der Waals surface area contributed by atoms with Crippen molar-refractivity contribution < 1.29 is 32.9 Å². The maximum atomic E-state index is 13.2. The molecule has 0 N–H and O–H groups in total. The predicted octanol–water partition coefficient (Wildman–Crippen LogP) is 4.52. The molecule has 0 bridgehead atoms. The molecule has 1 aliphatic rings. The smallest absolute Gasteiger partial charge is 0.336 e. The molecule has 0 aliphatic heterocycles. The van der Waals surface area contributed by atoms with E-state index in [1.807, 2.05) is 12.1 Å². The molecule has 1 atom stereocenters. The Hall–Kier alpha value is -5.65. The van der Waals surface area contributed by atoms with E-state index in [-0.39, 0.29) is 30.1 Å². The molecule has 0 radical (unpaired) electrons. The highest BCUT2D eigenvalue weighted by atomic mass is 16.5. The Morgan fingerprint density at radius 2 is 1.72 bits per heavy atom. The van der Waals surface area contributed by atoms with Crippen molar-refractivity contribution in [2.24, 2.45) is 0 Å². The molecule has 0 spiro atoms. The van der Waals surface area contributed by atoms with Crippen LogP contribution in [0.2, 0.25) is 0 Å². The number of carbonyl (C=O) groups excluding carboxylic acids is 1. The van der Waals surface area contributed by atoms with E-state index in [2.05, 4.69) is 10.3 Å². The first-order valence-corrected chi connectivity index (χ1v) is 14.5. The average Bonchev–Trinajstić information content (AvgIpc) is 3.40. The summed E-state index contributed by atoms with van der Waals surface area (Å²) >= 11 is 0. The molecule has 0 fully saturated rings. The number of carbonyl (C=O) groups is 1. The lowest BCUT2D eigenvalue weighted by atomic mass is 9.95. The lowest BCUT2D eigenvalue weighted by Crippen LogP contribution is -2.13. The van der Waals surface area contributed by atoms with Crippen LogP contribution >= 0.6 is 0 Å². The minimum absolute atomic E-state index is 0.0565. The quantitative estimate of drug-likeness (QED) is 0.130. The highest BCUT2D eigenvalue weighted by Gasteiger charge is 2.30. The van der Waals surface area contributed by atoms with Crippen LogP contribution in [0, 0.1) is 0 Å². The van der Waals surface area contributed by atoms with Crippen molar-refractivity contribution in [2.45, 2.75) is 31.7 Å². The molecule has 3 aromatic carbocycles. The first-order chi connectivity index (χ1) is 22.3. The number of aryl methyl sites for hydroxylation is 2. The molecule has 46 heavy (non-hydrogen) atoms. The van der Waals surface area contributed by atoms with Gasteiger partial charge in [-0.25, -0.2) is 9.48 Å². The van der Waals surface area contributed by atoms with E-state index >= 15 is 0 Å². The summed E-state index contributed by atoms with van der Waals surface area (Å²) in [6, 6.07) is 14.3. The van der Waals surface area contributed by atoms with Crippen LogP contribution in [-0.4, -0.2) is 49.4 Å². The molecule has 236 valence electrons. The molecule has 12 heteroatoms. The van der Waals surface area contributed by atoms with Gasteiger partial charge in [-0.15, -0.1) is 5.10 Å². The zero-order chi connectivity index (χ0) is 32.4. The SMILES string of the molecule is COc1cc2c(c(OC)c1OC)-c1ccc(OC)c(=O)cc1[C@@H](n1cc(CCC(=O)Oc3ccc4oc(=O)ccc4c3)nn1)CC2. The van der Waals surface area contributed by atoms with Crippen molar-refractivity contribution in [3.63, 3.8) is 0 Å². The lowest BCUT2D eigenvalue weighted by Gasteiger charge is -2.19. The summed E-state index contributed by atoms with van der Waals surface area (Å²) in [5.74, 6) is 1.55. The van der Waals surface area contributed by atoms with Crippen LogP contribution in [0.15, 0.2) is 74.8 Å². The summed E-state index contributed by atoms with van der Waals surface area (Å²) in [6.07, 6.45) is 3.31. The van der Waals surface area contributed by atoms with Crippen LogP contribution in [0.4, 0.5) is 0 Å². The third-order valence-corrected chi connectivity index (χ3v) is 7.97. The van der Waals surface area contributed by atoms with E-state index in [1.165, 1.54) is 13.2 Å². The highest BCUT2D eigenvalue weighted by Crippen LogP contribution is 2.50. The predicted molar refractivity (Wildman–Crippen MR) is 167 cm³/mol. The lowest BCUT2D eigenvalue weighted by molar-refractivity contribution is -0.134. The molecular weight excluding hydrogens is 594 g/mol. The summed E-state index contributed by atoms with van der Waals surface area (Å²) in [5.41, 5.74) is 3.46. The summed E-state index contributed by atoms with van der Waals surface area (Å²) in [5, 5.41) is 9.38. The zero-order valence-electron chi connectivity index (χ0n) is 25.7. The van der Waals surface area contributed by atoms with Gasteiger partial charge in [0, 0.05) is 29.6 Å². The van der Waals surface area contributed by atoms with Gasteiger partial charge in [0.15, 0.2) is 17.2 Å². The Kier molecular flexibility index (Phi) is 8.43. The Morgan fingerprint density at radius 3 is 2.48 bits per heavy atom. The number of benzene rings is 2. The van der Waals surface area contributed by atoms with Gasteiger partial charge in [-0.1, -0.05) is 11.3 Å². The molecule has 0 saturated heterocycles. The van der Waals surface area contributed by atoms with Crippen LogP contribution in [0.1, 0.15) is 35.7 Å². The van der Waals surface area contributed by atoms with Crippen molar-refractivity contribution in [1.82, 2.24) is 15.0 Å². The van der Waals surface area contributed by atoms with E-state index in [4.69, 9.17) is 28.1 Å². The maximum absolute atomic E-state index is 13.2. The Bertz CT molecular complexity index is 2070. The van der Waals surface area contributed by atoms with Crippen LogP contribution in [0.3, 0.4) is 0 Å². The molecular formula is C34H31N3O9. The second-order valence-electron chi connectivity index (χ2n) is 10.6. The molecule has 0 amide bonds. The number of fused-ring (bicyclic) bond motifs is 4. The number of nitrogens with zero attached hydrogens (tertiary/aromatic N) is 3. The van der Waals surface area contributed by atoms with Crippen LogP contribution in [-0.2, 0) is 17.6 Å². The van der Waals surface area contributed by atoms with Gasteiger partial charge < -0.3 is 28.1 Å². The minimum Gasteiger partial charge on any atom is -0.493 e. The van der Waals surface area contributed by atoms with Gasteiger partial charge in [0.2, 0.25) is 11.2 Å². The summed E-state index contributed by atoms with van der Waals surface area (Å²) in [7, 11) is 6.14. The van der Waals surface area contributed by atoms with Gasteiger partial charge in [0.05, 0.1) is 46.6 Å². The molecule has 2 aromatic heterocycles. The van der Waals surface area contributed by atoms with Gasteiger partial charge in [0.1, 0.15) is 11.3 Å². The third-order valence-electron chi connectivity index (χ3n) is 7.97. The fourth-order valence-corrected chi connectivity index (χ4v) is 5.83. The fourth-order valence-electron chi connectivity index (χ4n) is 5.83. The number of aromatic nitrogens is 3. The third kappa shape index (κ3) is 5.76. The highest BCUT2D eigenvalue weighted by molar-refractivity contribution is 5.83. The van der Waals surface area contributed by atoms with E-state index in [0.29, 0.717) is 58.1 Å². The molecule has 0 saturated carbocycles. The van der Waals surface area contributed by atoms with Gasteiger partial charge in [0.25, 0.3) is 0 Å². The summed E-state index contributed by atoms with van der Waals surface area (Å²) in [6.45, 7) is 0. The number of methoxy groups -OCH3 is 4. The van der Waals surface area contributed by atoms with Crippen molar-refractivity contribution >= 4 is 16.9 Å². The van der Waals surface area contributed by atoms with Crippen molar-refractivity contribution in [3.8, 4) is 39.9 Å². The fraction of sp³-hybridized carbons (Fsp3) is 0.265. The van der Waals surface area contributed by atoms with Crippen LogP contribution in [0.5, 0.6) is 28.7 Å². The topological polar surface area (TPSA) is 141 Å². The van der Waals surface area contributed by atoms with E-state index in [1.54, 1.807) is 68.6 Å². The number of rotatable bonds is 9. The van der Waals surface area contributed by atoms with E-state index in [0.717, 1.165) is 16.7 Å². The first kappa shape index (κ1) is 30.4. The standard InChI is InChI=1S/C34H31N3O9/c1-41-28-12-9-23-24(17-26(28)38)25(10-5-20-16-29(42-2)33(43-3)34(44-4)32(20)23)37-18-21(35-36-37)7-14-30(39)45-22-8-11-27-19(15-22)6-13-31(40)46-27/h6,8-9,11-13,15-18,25H,5,7,10,14H2,1-4H3/t25-/m0/s1. The molecule has 1 aliphatic carbocycles. The Labute approximate surface area is 263 Å². The van der Waals surface area contributed by atoms with Gasteiger partial charge in [-0.3, -0.25) is 9.59 Å². The Morgan fingerprint density at radius 1 is 0.913 bits per heavy atom. The number of hydrogen-bond donors (Lipinski definition) is 0. The molecule has 2 heterocycles. The molecule has 6 rings (SSSR count). The normalized spacial score (nSPS) is 13.7. The summed E-state index contributed by atoms with van der Waals surface area (Å²) < 4.78 is 34.9. The number of esters is 1. The van der Waals surface area contributed by atoms with Crippen molar-refractivity contribution in [2.75, 3.05) is 28.4 Å². The monoisotopic (exact) mass is 625 g/mol. The van der Waals surface area contributed by atoms with Gasteiger partial charge in [-0.05, 0) is 72.0 Å². The number of ether oxygens (including phenoxy) is 5. The maximum Gasteiger partial charge on any atom is 0.336 e. The molecule has 5 aromatic rings. The second-order valence-corrected chi connectivity index (χ2v) is 10.6. The minimum atomic E-state index is -0.454. The number of hydrogen-bond acceptors (Lipinski definition) is 11. The van der Waals surface area contributed by atoms with Crippen LogP contribution < -0.4 is 34.7 Å². The van der Waals surface area contributed by atoms with Crippen LogP contribution in [0.25, 0.3) is 22.1 Å². The van der Waals surface area contributed by atoms with Crippen molar-refractivity contribution in [3.05, 3.63) is 98.3 Å². The van der Waals surface area contributed by atoms with Gasteiger partial charge in [-0.2, -0.15) is 0 Å². The van der Waals surface area contributed by atoms with E-state index < -0.39 is 11.6 Å². The Balaban J connectivity index is 1.29. The first-order valence-electron chi connectivity index (χ1n) is 14.5. The van der Waals surface area contributed by atoms with E-state index in [9.17, 15) is 14.4 Å². The average molecular weight is 626 g/mol. The zero-order valence-corrected chi connectivity index (χ0v) is 25.7. The largest absolute Gasteiger partial charge is 0.493 e. The van der Waals surface area contributed by atoms with Crippen molar-refractivity contribution in [1.29, 1.82) is 0 Å². The molecule has 0 unspecified atom stereocenters. The second kappa shape index (κ2) is 12.8. The summed E-state index contributed by atoms with van der Waals surface area (Å²) in [4.78, 5) is 37.3. The molecule has 12 nitrogen and oxygen atoms in total. The van der Waals surface area contributed by atoms with Gasteiger partial charge >= 0.3 is 11.6 Å².